The van der Waals surface area contributed by atoms with E-state index < -0.39 is 0 Å². The molecule has 1 unspecified atom stereocenters. The third-order valence-electron chi connectivity index (χ3n) is 5.45. The van der Waals surface area contributed by atoms with Gasteiger partial charge in [0, 0.05) is 53.5 Å². The number of hydrogen-bond donors (Lipinski definition) is 2. The van der Waals surface area contributed by atoms with Gasteiger partial charge in [0.15, 0.2) is 5.96 Å². The molecule has 2 aliphatic rings. The third kappa shape index (κ3) is 7.86. The van der Waals surface area contributed by atoms with Crippen LogP contribution in [0.15, 0.2) is 4.99 Å². The fraction of sp³-hybridized carbons (Fsp3) is 0.947. The van der Waals surface area contributed by atoms with Gasteiger partial charge in [-0.25, -0.2) is 0 Å². The predicted molar refractivity (Wildman–Crippen MR) is 119 cm³/mol. The molecule has 1 atom stereocenters. The maximum atomic E-state index is 5.91. The lowest BCUT2D eigenvalue weighted by Crippen LogP contribution is -2.51. The molecule has 2 N–H and O–H groups in total. The van der Waals surface area contributed by atoms with Gasteiger partial charge in [-0.15, -0.1) is 24.0 Å². The van der Waals surface area contributed by atoms with Gasteiger partial charge in [-0.2, -0.15) is 0 Å². The molecular weight excluding hydrogens is 443 g/mol. The van der Waals surface area contributed by atoms with Gasteiger partial charge in [0.2, 0.25) is 0 Å². The lowest BCUT2D eigenvalue weighted by molar-refractivity contribution is -0.0284. The summed E-state index contributed by atoms with van der Waals surface area (Å²) in [5.74, 6) is 1.58. The van der Waals surface area contributed by atoms with Crippen molar-refractivity contribution in [3.05, 3.63) is 0 Å². The Morgan fingerprint density at radius 1 is 1.35 bits per heavy atom. The van der Waals surface area contributed by atoms with E-state index in [1.54, 1.807) is 7.11 Å². The quantitative estimate of drug-likeness (QED) is 0.300. The van der Waals surface area contributed by atoms with Gasteiger partial charge in [0.1, 0.15) is 0 Å². The maximum absolute atomic E-state index is 5.91. The third-order valence-corrected chi connectivity index (χ3v) is 5.45. The van der Waals surface area contributed by atoms with Crippen LogP contribution in [-0.2, 0) is 9.47 Å². The van der Waals surface area contributed by atoms with Crippen LogP contribution in [0.1, 0.15) is 39.5 Å². The highest BCUT2D eigenvalue weighted by molar-refractivity contribution is 14.0. The van der Waals surface area contributed by atoms with Gasteiger partial charge in [-0.1, -0.05) is 20.3 Å². The second-order valence-corrected chi connectivity index (χ2v) is 8.05. The van der Waals surface area contributed by atoms with Gasteiger partial charge < -0.3 is 20.1 Å². The van der Waals surface area contributed by atoms with Crippen molar-refractivity contribution in [2.75, 3.05) is 60.1 Å². The van der Waals surface area contributed by atoms with Crippen LogP contribution in [0, 0.1) is 11.3 Å². The van der Waals surface area contributed by atoms with E-state index in [1.807, 2.05) is 7.05 Å². The minimum atomic E-state index is 0. The Kier molecular flexibility index (Phi) is 11.4. The number of rotatable bonds is 9. The largest absolute Gasteiger partial charge is 0.385 e. The Labute approximate surface area is 176 Å². The number of nitrogens with zero attached hydrogens (tertiary/aromatic N) is 2. The second kappa shape index (κ2) is 12.4. The van der Waals surface area contributed by atoms with Gasteiger partial charge in [0.05, 0.1) is 12.7 Å². The van der Waals surface area contributed by atoms with E-state index in [0.29, 0.717) is 11.3 Å². The molecule has 0 aromatic rings. The number of guanidine groups is 1. The molecule has 26 heavy (non-hydrogen) atoms. The minimum Gasteiger partial charge on any atom is -0.385 e. The molecule has 1 saturated carbocycles. The zero-order valence-corrected chi connectivity index (χ0v) is 19.4. The van der Waals surface area contributed by atoms with Gasteiger partial charge in [0.25, 0.3) is 0 Å². The number of ether oxygens (including phenoxy) is 2. The first kappa shape index (κ1) is 23.9. The van der Waals surface area contributed by atoms with E-state index in [2.05, 4.69) is 34.4 Å². The highest BCUT2D eigenvalue weighted by Gasteiger charge is 2.36. The molecule has 2 rings (SSSR count). The Morgan fingerprint density at radius 3 is 2.69 bits per heavy atom. The van der Waals surface area contributed by atoms with Gasteiger partial charge in [-0.05, 0) is 30.6 Å². The second-order valence-electron chi connectivity index (χ2n) is 8.05. The number of methoxy groups -OCH3 is 1. The topological polar surface area (TPSA) is 58.1 Å². The van der Waals surface area contributed by atoms with Crippen LogP contribution in [-0.4, -0.2) is 77.1 Å². The normalized spacial score (nSPS) is 23.3. The molecule has 0 bridgehead atoms. The molecule has 154 valence electrons. The fourth-order valence-electron chi connectivity index (χ4n) is 3.80. The zero-order chi connectivity index (χ0) is 18.1. The Bertz CT molecular complexity index is 416. The first-order chi connectivity index (χ1) is 12.1. The smallest absolute Gasteiger partial charge is 0.191 e. The molecule has 6 nitrogen and oxygen atoms in total. The molecule has 0 aromatic heterocycles. The number of morpholine rings is 1. The summed E-state index contributed by atoms with van der Waals surface area (Å²) in [6.07, 6.45) is 5.27. The van der Waals surface area contributed by atoms with Crippen molar-refractivity contribution in [2.24, 2.45) is 16.3 Å². The van der Waals surface area contributed by atoms with Crippen molar-refractivity contribution < 1.29 is 9.47 Å². The number of halogens is 1. The molecule has 2 fully saturated rings. The summed E-state index contributed by atoms with van der Waals surface area (Å²) in [7, 11) is 3.62. The molecule has 0 radical (unpaired) electrons. The highest BCUT2D eigenvalue weighted by Crippen LogP contribution is 2.43. The average Bonchev–Trinajstić information content (AvgIpc) is 2.56. The van der Waals surface area contributed by atoms with Gasteiger partial charge >= 0.3 is 0 Å². The van der Waals surface area contributed by atoms with Crippen LogP contribution in [0.2, 0.25) is 0 Å². The Morgan fingerprint density at radius 2 is 2.12 bits per heavy atom. The molecule has 1 aliphatic carbocycles. The SMILES string of the molecule is CN=C(NCC1CN(CC(C)C)CCO1)NCC1(CCOC)CCC1.I. The summed E-state index contributed by atoms with van der Waals surface area (Å²) in [4.78, 5) is 6.88. The first-order valence-corrected chi connectivity index (χ1v) is 9.84. The van der Waals surface area contributed by atoms with E-state index in [9.17, 15) is 0 Å². The monoisotopic (exact) mass is 482 g/mol. The molecule has 0 amide bonds. The number of nitrogens with one attached hydrogen (secondary N) is 2. The van der Waals surface area contributed by atoms with E-state index in [1.165, 1.54) is 19.3 Å². The van der Waals surface area contributed by atoms with Crippen molar-refractivity contribution >= 4 is 29.9 Å². The van der Waals surface area contributed by atoms with Crippen LogP contribution in [0.4, 0.5) is 0 Å². The first-order valence-electron chi connectivity index (χ1n) is 9.84. The summed E-state index contributed by atoms with van der Waals surface area (Å²) in [6.45, 7) is 11.2. The highest BCUT2D eigenvalue weighted by atomic mass is 127. The maximum Gasteiger partial charge on any atom is 0.191 e. The summed E-state index contributed by atoms with van der Waals surface area (Å²) in [5, 5.41) is 6.96. The molecule has 0 aromatic carbocycles. The van der Waals surface area contributed by atoms with Crippen molar-refractivity contribution in [3.8, 4) is 0 Å². The molecule has 7 heteroatoms. The van der Waals surface area contributed by atoms with Crippen LogP contribution in [0.5, 0.6) is 0 Å². The average molecular weight is 482 g/mol. The summed E-state index contributed by atoms with van der Waals surface area (Å²) >= 11 is 0. The molecule has 1 saturated heterocycles. The van der Waals surface area contributed by atoms with E-state index in [0.717, 1.165) is 58.3 Å². The Hall–Kier alpha value is -0.120. The van der Waals surface area contributed by atoms with Crippen LogP contribution < -0.4 is 10.6 Å². The number of aliphatic imine (C=N–C) groups is 1. The van der Waals surface area contributed by atoms with Crippen LogP contribution in [0.3, 0.4) is 0 Å². The summed E-state index contributed by atoms with van der Waals surface area (Å²) in [5.41, 5.74) is 0.392. The minimum absolute atomic E-state index is 0. The molecular formula is C19H39IN4O2. The molecule has 1 aliphatic heterocycles. The Balaban J connectivity index is 0.00000338. The lowest BCUT2D eigenvalue weighted by Gasteiger charge is -2.42. The van der Waals surface area contributed by atoms with Crippen molar-refractivity contribution in [1.29, 1.82) is 0 Å². The van der Waals surface area contributed by atoms with E-state index in [4.69, 9.17) is 9.47 Å². The number of hydrogen-bond acceptors (Lipinski definition) is 4. The van der Waals surface area contributed by atoms with Gasteiger partial charge in [-0.3, -0.25) is 9.89 Å². The fourth-order valence-corrected chi connectivity index (χ4v) is 3.80. The molecule has 1 heterocycles. The summed E-state index contributed by atoms with van der Waals surface area (Å²) in [6, 6.07) is 0. The standard InChI is InChI=1S/C19H38N4O2.HI/c1-16(2)13-23-9-11-25-17(14-23)12-21-18(20-3)22-15-19(6-5-7-19)8-10-24-4;/h16-17H,5-15H2,1-4H3,(H2,20,21,22);1H. The van der Waals surface area contributed by atoms with Crippen molar-refractivity contribution in [1.82, 2.24) is 15.5 Å². The van der Waals surface area contributed by atoms with Crippen LogP contribution >= 0.6 is 24.0 Å². The van der Waals surface area contributed by atoms with Crippen molar-refractivity contribution in [3.63, 3.8) is 0 Å². The predicted octanol–water partition coefficient (Wildman–Crippen LogP) is 2.33. The van der Waals surface area contributed by atoms with Crippen molar-refractivity contribution in [2.45, 2.75) is 45.6 Å². The van der Waals surface area contributed by atoms with Crippen LogP contribution in [0.25, 0.3) is 0 Å². The lowest BCUT2D eigenvalue weighted by atomic mass is 9.67. The van der Waals surface area contributed by atoms with E-state index in [-0.39, 0.29) is 30.1 Å². The van der Waals surface area contributed by atoms with E-state index >= 15 is 0 Å². The molecule has 0 spiro atoms. The summed E-state index contributed by atoms with van der Waals surface area (Å²) < 4.78 is 11.2. The zero-order valence-electron chi connectivity index (χ0n) is 17.1.